The molecule has 1 aromatic carbocycles. The molecule has 1 heterocycles. The lowest BCUT2D eigenvalue weighted by Crippen LogP contribution is -2.51. The van der Waals surface area contributed by atoms with Crippen molar-refractivity contribution >= 4 is 17.6 Å². The molecule has 1 spiro atoms. The Labute approximate surface area is 175 Å². The predicted molar refractivity (Wildman–Crippen MR) is 117 cm³/mol. The largest absolute Gasteiger partial charge is 0.378 e. The third-order valence-electron chi connectivity index (χ3n) is 6.60. The molecule has 0 aromatic heterocycles. The maximum atomic E-state index is 13.2. The fraction of sp³-hybridized carbons (Fsp3) is 0.652. The van der Waals surface area contributed by atoms with Gasteiger partial charge in [-0.05, 0) is 61.8 Å². The summed E-state index contributed by atoms with van der Waals surface area (Å²) in [5.74, 6) is 0.546. The molecule has 0 atom stereocenters. The van der Waals surface area contributed by atoms with Crippen LogP contribution in [0.3, 0.4) is 0 Å². The van der Waals surface area contributed by atoms with E-state index in [1.807, 2.05) is 26.0 Å². The molecule has 6 heteroatoms. The fourth-order valence-corrected chi connectivity index (χ4v) is 4.62. The SMILES string of the molecule is CN(Cc1ccc(N(C)C)cc1)CN1C(=O)NC2(CCC(C(C)(C)C)CC2)C1=O. The first kappa shape index (κ1) is 21.6. The number of carbonyl (C=O) groups is 2. The number of anilines is 1. The van der Waals surface area contributed by atoms with Crippen LogP contribution in [0.25, 0.3) is 0 Å². The summed E-state index contributed by atoms with van der Waals surface area (Å²) < 4.78 is 0. The number of carbonyl (C=O) groups excluding carboxylic acids is 2. The summed E-state index contributed by atoms with van der Waals surface area (Å²) in [5, 5.41) is 3.04. The van der Waals surface area contributed by atoms with Crippen molar-refractivity contribution < 1.29 is 9.59 Å². The van der Waals surface area contributed by atoms with Crippen molar-refractivity contribution in [3.05, 3.63) is 29.8 Å². The topological polar surface area (TPSA) is 55.9 Å². The van der Waals surface area contributed by atoms with Gasteiger partial charge < -0.3 is 10.2 Å². The summed E-state index contributed by atoms with van der Waals surface area (Å²) in [6.45, 7) is 7.78. The van der Waals surface area contributed by atoms with E-state index in [1.165, 1.54) is 4.90 Å². The third-order valence-corrected chi connectivity index (χ3v) is 6.60. The molecule has 1 aliphatic heterocycles. The van der Waals surface area contributed by atoms with Crippen LogP contribution in [-0.4, -0.2) is 55.1 Å². The average molecular weight is 401 g/mol. The highest BCUT2D eigenvalue weighted by Crippen LogP contribution is 2.43. The van der Waals surface area contributed by atoms with Crippen LogP contribution in [0.1, 0.15) is 52.0 Å². The van der Waals surface area contributed by atoms with Crippen LogP contribution in [0, 0.1) is 11.3 Å². The van der Waals surface area contributed by atoms with Crippen molar-refractivity contribution in [2.45, 2.75) is 58.5 Å². The molecule has 0 bridgehead atoms. The number of rotatable bonds is 5. The van der Waals surface area contributed by atoms with Gasteiger partial charge in [0, 0.05) is 26.3 Å². The van der Waals surface area contributed by atoms with E-state index in [0.717, 1.165) is 36.9 Å². The van der Waals surface area contributed by atoms with Gasteiger partial charge in [0.15, 0.2) is 0 Å². The maximum Gasteiger partial charge on any atom is 0.326 e. The normalized spacial score (nSPS) is 25.1. The summed E-state index contributed by atoms with van der Waals surface area (Å²) in [6, 6.07) is 8.10. The van der Waals surface area contributed by atoms with Gasteiger partial charge in [-0.15, -0.1) is 0 Å². The van der Waals surface area contributed by atoms with Gasteiger partial charge in [0.2, 0.25) is 0 Å². The van der Waals surface area contributed by atoms with E-state index in [0.29, 0.717) is 19.1 Å². The first-order valence-corrected chi connectivity index (χ1v) is 10.6. The summed E-state index contributed by atoms with van der Waals surface area (Å²) >= 11 is 0. The molecule has 2 aliphatic rings. The second-order valence-electron chi connectivity index (χ2n) is 10.1. The number of hydrogen-bond acceptors (Lipinski definition) is 4. The van der Waals surface area contributed by atoms with Gasteiger partial charge >= 0.3 is 6.03 Å². The van der Waals surface area contributed by atoms with Crippen LogP contribution in [0.15, 0.2) is 24.3 Å². The van der Waals surface area contributed by atoms with Gasteiger partial charge in [-0.1, -0.05) is 32.9 Å². The van der Waals surface area contributed by atoms with Gasteiger partial charge in [-0.2, -0.15) is 0 Å². The zero-order valence-corrected chi connectivity index (χ0v) is 18.8. The quantitative estimate of drug-likeness (QED) is 0.766. The lowest BCUT2D eigenvalue weighted by molar-refractivity contribution is -0.134. The smallest absolute Gasteiger partial charge is 0.326 e. The van der Waals surface area contributed by atoms with Gasteiger partial charge in [0.1, 0.15) is 5.54 Å². The second-order valence-corrected chi connectivity index (χ2v) is 10.1. The average Bonchev–Trinajstić information content (AvgIpc) is 2.86. The van der Waals surface area contributed by atoms with Crippen LogP contribution in [0.2, 0.25) is 0 Å². The number of nitrogens with one attached hydrogen (secondary N) is 1. The Morgan fingerprint density at radius 2 is 1.66 bits per heavy atom. The van der Waals surface area contributed by atoms with Crippen LogP contribution < -0.4 is 10.2 Å². The Bertz CT molecular complexity index is 743. The van der Waals surface area contributed by atoms with Gasteiger partial charge in [-0.3, -0.25) is 9.69 Å². The minimum Gasteiger partial charge on any atom is -0.378 e. The standard InChI is InChI=1S/C23H36N4O2/c1-22(2,3)18-11-13-23(14-12-18)20(28)27(21(29)24-23)16-26(6)15-17-7-9-19(10-8-17)25(4)5/h7-10,18H,11-16H2,1-6H3,(H,24,29). The molecule has 3 amide bonds. The highest BCUT2D eigenvalue weighted by Gasteiger charge is 2.53. The fourth-order valence-electron chi connectivity index (χ4n) is 4.62. The molecule has 0 radical (unpaired) electrons. The van der Waals surface area contributed by atoms with Crippen molar-refractivity contribution in [2.75, 3.05) is 32.7 Å². The number of imide groups is 1. The van der Waals surface area contributed by atoms with Crippen LogP contribution in [0.5, 0.6) is 0 Å². The third kappa shape index (κ3) is 4.58. The molecule has 2 fully saturated rings. The Balaban J connectivity index is 1.60. The Morgan fingerprint density at radius 1 is 1.07 bits per heavy atom. The monoisotopic (exact) mass is 400 g/mol. The zero-order chi connectivity index (χ0) is 21.4. The van der Waals surface area contributed by atoms with Crippen molar-refractivity contribution in [2.24, 2.45) is 11.3 Å². The first-order chi connectivity index (χ1) is 13.5. The molecule has 1 saturated heterocycles. The van der Waals surface area contributed by atoms with E-state index in [9.17, 15) is 9.59 Å². The van der Waals surface area contributed by atoms with Crippen molar-refractivity contribution in [1.29, 1.82) is 0 Å². The lowest BCUT2D eigenvalue weighted by atomic mass is 9.67. The van der Waals surface area contributed by atoms with E-state index >= 15 is 0 Å². The summed E-state index contributed by atoms with van der Waals surface area (Å²) in [5.41, 5.74) is 1.87. The lowest BCUT2D eigenvalue weighted by Gasteiger charge is -2.40. The number of urea groups is 1. The molecular formula is C23H36N4O2. The zero-order valence-electron chi connectivity index (χ0n) is 18.8. The highest BCUT2D eigenvalue weighted by atomic mass is 16.2. The first-order valence-electron chi connectivity index (χ1n) is 10.6. The number of hydrogen-bond donors (Lipinski definition) is 1. The van der Waals surface area contributed by atoms with Crippen molar-refractivity contribution in [1.82, 2.24) is 15.1 Å². The molecule has 6 nitrogen and oxygen atoms in total. The molecule has 1 aliphatic carbocycles. The number of nitrogens with zero attached hydrogens (tertiary/aromatic N) is 3. The number of amides is 3. The predicted octanol–water partition coefficient (Wildman–Crippen LogP) is 3.67. The van der Waals surface area contributed by atoms with E-state index in [1.54, 1.807) is 0 Å². The van der Waals surface area contributed by atoms with E-state index in [4.69, 9.17) is 0 Å². The Kier molecular flexibility index (Phi) is 5.95. The van der Waals surface area contributed by atoms with Gasteiger partial charge in [0.25, 0.3) is 5.91 Å². The Hall–Kier alpha value is -2.08. The maximum absolute atomic E-state index is 13.2. The molecule has 1 saturated carbocycles. The minimum atomic E-state index is -0.687. The molecule has 0 unspecified atom stereocenters. The molecule has 160 valence electrons. The summed E-state index contributed by atoms with van der Waals surface area (Å²) in [7, 11) is 5.98. The summed E-state index contributed by atoms with van der Waals surface area (Å²) in [4.78, 5) is 31.2. The highest BCUT2D eigenvalue weighted by molar-refractivity contribution is 6.07. The molecule has 1 N–H and O–H groups in total. The van der Waals surface area contributed by atoms with E-state index in [2.05, 4.69) is 55.3 Å². The summed E-state index contributed by atoms with van der Waals surface area (Å²) in [6.07, 6.45) is 3.45. The van der Waals surface area contributed by atoms with E-state index < -0.39 is 5.54 Å². The minimum absolute atomic E-state index is 0.0512. The van der Waals surface area contributed by atoms with Crippen LogP contribution in [-0.2, 0) is 11.3 Å². The molecule has 29 heavy (non-hydrogen) atoms. The van der Waals surface area contributed by atoms with Gasteiger partial charge in [0.05, 0.1) is 6.67 Å². The van der Waals surface area contributed by atoms with Crippen molar-refractivity contribution in [3.63, 3.8) is 0 Å². The molecule has 1 aromatic rings. The van der Waals surface area contributed by atoms with Crippen LogP contribution >= 0.6 is 0 Å². The molecule has 3 rings (SSSR count). The van der Waals surface area contributed by atoms with Crippen LogP contribution in [0.4, 0.5) is 10.5 Å². The molecular weight excluding hydrogens is 364 g/mol. The Morgan fingerprint density at radius 3 is 2.17 bits per heavy atom. The number of benzene rings is 1. The second kappa shape index (κ2) is 7.98. The van der Waals surface area contributed by atoms with Crippen molar-refractivity contribution in [3.8, 4) is 0 Å². The van der Waals surface area contributed by atoms with Gasteiger partial charge in [-0.25, -0.2) is 9.69 Å². The van der Waals surface area contributed by atoms with E-state index in [-0.39, 0.29) is 17.4 Å².